The molecule has 46 heavy (non-hydrogen) atoms. The van der Waals surface area contributed by atoms with E-state index in [0.717, 1.165) is 11.1 Å². The first-order valence-corrected chi connectivity index (χ1v) is 18.8. The first-order valence-electron chi connectivity index (χ1n) is 15.9. The van der Waals surface area contributed by atoms with Crippen LogP contribution in [0.2, 0.25) is 18.1 Å². The maximum atomic E-state index is 14.4. The van der Waals surface area contributed by atoms with E-state index in [9.17, 15) is 19.5 Å². The number of carbonyl (C=O) groups excluding carboxylic acids is 3. The van der Waals surface area contributed by atoms with E-state index < -0.39 is 49.8 Å². The van der Waals surface area contributed by atoms with Crippen molar-refractivity contribution in [1.29, 1.82) is 0 Å². The fraction of sp³-hybridized carbons (Fsp3) is 0.528. The summed E-state index contributed by atoms with van der Waals surface area (Å²) in [5.74, 6) is 2.04. The van der Waals surface area contributed by atoms with Crippen molar-refractivity contribution in [2.24, 2.45) is 5.41 Å². The Kier molecular flexibility index (Phi) is 11.9. The molecule has 3 amide bonds. The molecule has 0 aromatic heterocycles. The molecule has 0 radical (unpaired) electrons. The van der Waals surface area contributed by atoms with Crippen LogP contribution in [0.3, 0.4) is 0 Å². The number of aliphatic hydroxyl groups is 1. The van der Waals surface area contributed by atoms with Gasteiger partial charge in [0, 0.05) is 24.6 Å². The topological polar surface area (TPSA) is 117 Å². The standard InChI is InChI=1S/C36H51N3O6Si/c1-11-26-17-19-27(20-18-26)25(3)37-32(41)30-21-28(40)23-39(30)33(42)31(38-34(43)44-29-15-13-12-14-16-29)36(7,8)22-24(2)45-46(9,10)35(4,5)6/h1,12-20,24-25,28,30-31,40H,21-23H2,2-10H3,(H,37,41)(H,38,43)/t24?,25-,28+,30-,31-/m0/s1. The second-order valence-electron chi connectivity index (χ2n) is 14.6. The van der Waals surface area contributed by atoms with Gasteiger partial charge in [0.15, 0.2) is 8.32 Å². The normalized spacial score (nSPS) is 19.0. The molecule has 0 aliphatic carbocycles. The van der Waals surface area contributed by atoms with Crippen molar-refractivity contribution in [2.45, 2.75) is 110 Å². The number of nitrogens with one attached hydrogen (secondary N) is 2. The lowest BCUT2D eigenvalue weighted by atomic mass is 9.78. The molecule has 1 saturated heterocycles. The summed E-state index contributed by atoms with van der Waals surface area (Å²) in [4.78, 5) is 42.6. The van der Waals surface area contributed by atoms with E-state index in [1.54, 1.807) is 42.5 Å². The first kappa shape index (κ1) is 36.8. The minimum atomic E-state index is -2.13. The minimum absolute atomic E-state index is 0.00881. The van der Waals surface area contributed by atoms with Gasteiger partial charge in [-0.05, 0) is 73.6 Å². The van der Waals surface area contributed by atoms with Crippen molar-refractivity contribution in [1.82, 2.24) is 15.5 Å². The summed E-state index contributed by atoms with van der Waals surface area (Å²) in [5.41, 5.74) is 0.757. The molecule has 0 bridgehead atoms. The smallest absolute Gasteiger partial charge is 0.413 e. The Morgan fingerprint density at radius 3 is 2.20 bits per heavy atom. The van der Waals surface area contributed by atoms with Crippen LogP contribution < -0.4 is 15.4 Å². The Hall–Kier alpha value is -3.65. The molecule has 9 nitrogen and oxygen atoms in total. The van der Waals surface area contributed by atoms with Crippen molar-refractivity contribution in [2.75, 3.05) is 6.54 Å². The SMILES string of the molecule is C#Cc1ccc([C@H](C)NC(=O)[C@@H]2C[C@@H](O)CN2C(=O)[C@H](NC(=O)Oc2ccccc2)C(C)(C)CC(C)O[Si](C)(C)C(C)(C)C)cc1. The van der Waals surface area contributed by atoms with Crippen LogP contribution in [-0.4, -0.2) is 67.1 Å². The zero-order chi connectivity index (χ0) is 34.4. The highest BCUT2D eigenvalue weighted by atomic mass is 28.4. The van der Waals surface area contributed by atoms with Crippen LogP contribution in [0.4, 0.5) is 4.79 Å². The number of hydrogen-bond acceptors (Lipinski definition) is 6. The number of hydrogen-bond donors (Lipinski definition) is 3. The molecule has 3 N–H and O–H groups in total. The van der Waals surface area contributed by atoms with Gasteiger partial charge in [-0.25, -0.2) is 4.79 Å². The Balaban J connectivity index is 1.86. The van der Waals surface area contributed by atoms with Gasteiger partial charge in [-0.2, -0.15) is 0 Å². The molecule has 2 aromatic rings. The van der Waals surface area contributed by atoms with E-state index >= 15 is 0 Å². The van der Waals surface area contributed by atoms with Crippen molar-refractivity contribution in [3.05, 3.63) is 65.7 Å². The summed E-state index contributed by atoms with van der Waals surface area (Å²) in [6.45, 7) is 18.4. The van der Waals surface area contributed by atoms with Gasteiger partial charge in [-0.3, -0.25) is 9.59 Å². The zero-order valence-corrected chi connectivity index (χ0v) is 29.7. The van der Waals surface area contributed by atoms with Crippen LogP contribution in [0.25, 0.3) is 0 Å². The third kappa shape index (κ3) is 9.44. The van der Waals surface area contributed by atoms with Crippen molar-refractivity contribution in [3.8, 4) is 18.1 Å². The average Bonchev–Trinajstić information content (AvgIpc) is 3.36. The molecule has 1 heterocycles. The predicted octanol–water partition coefficient (Wildman–Crippen LogP) is 5.79. The van der Waals surface area contributed by atoms with Gasteiger partial charge in [-0.1, -0.05) is 70.9 Å². The second kappa shape index (κ2) is 14.8. The highest BCUT2D eigenvalue weighted by molar-refractivity contribution is 6.74. The van der Waals surface area contributed by atoms with E-state index in [4.69, 9.17) is 15.6 Å². The number of rotatable bonds is 11. The Morgan fingerprint density at radius 2 is 1.63 bits per heavy atom. The third-order valence-electron chi connectivity index (χ3n) is 9.16. The highest BCUT2D eigenvalue weighted by Crippen LogP contribution is 2.39. The van der Waals surface area contributed by atoms with Crippen LogP contribution in [0, 0.1) is 17.8 Å². The van der Waals surface area contributed by atoms with E-state index in [1.165, 1.54) is 4.90 Å². The van der Waals surface area contributed by atoms with E-state index in [-0.39, 0.29) is 30.1 Å². The Labute approximate surface area is 275 Å². The maximum absolute atomic E-state index is 14.4. The molecule has 0 saturated carbocycles. The lowest BCUT2D eigenvalue weighted by Crippen LogP contribution is -2.59. The molecule has 1 fully saturated rings. The number of nitrogens with zero attached hydrogens (tertiary/aromatic N) is 1. The molecule has 1 aliphatic heterocycles. The van der Waals surface area contributed by atoms with Gasteiger partial charge < -0.3 is 29.8 Å². The Bertz CT molecular complexity index is 1400. The number of β-amino-alcohol motifs (C(OH)–C–C–N with tert-alkyl or cyclic N) is 1. The summed E-state index contributed by atoms with van der Waals surface area (Å²) in [6, 6.07) is 13.5. The summed E-state index contributed by atoms with van der Waals surface area (Å²) in [7, 11) is -2.13. The fourth-order valence-electron chi connectivity index (χ4n) is 5.65. The van der Waals surface area contributed by atoms with Crippen LogP contribution in [-0.2, 0) is 14.0 Å². The number of ether oxygens (including phenoxy) is 1. The molecule has 250 valence electrons. The number of para-hydroxylation sites is 1. The molecular formula is C36H51N3O6Si. The van der Waals surface area contributed by atoms with Gasteiger partial charge in [-0.15, -0.1) is 6.42 Å². The summed E-state index contributed by atoms with van der Waals surface area (Å²) in [5, 5.41) is 16.4. The monoisotopic (exact) mass is 649 g/mol. The maximum Gasteiger partial charge on any atom is 0.413 e. The molecular weight excluding hydrogens is 598 g/mol. The number of benzene rings is 2. The quantitative estimate of drug-likeness (QED) is 0.210. The van der Waals surface area contributed by atoms with Crippen LogP contribution in [0.1, 0.15) is 78.5 Å². The summed E-state index contributed by atoms with van der Waals surface area (Å²) < 4.78 is 12.1. The van der Waals surface area contributed by atoms with Gasteiger partial charge in [0.05, 0.1) is 12.1 Å². The average molecular weight is 650 g/mol. The fourth-order valence-corrected chi connectivity index (χ4v) is 7.09. The summed E-state index contributed by atoms with van der Waals surface area (Å²) in [6.07, 6.45) is 4.08. The molecule has 0 spiro atoms. The van der Waals surface area contributed by atoms with Gasteiger partial charge in [0.2, 0.25) is 11.8 Å². The van der Waals surface area contributed by atoms with Crippen LogP contribution >= 0.6 is 0 Å². The third-order valence-corrected chi connectivity index (χ3v) is 13.8. The molecule has 3 rings (SSSR count). The molecule has 2 aromatic carbocycles. The van der Waals surface area contributed by atoms with Gasteiger partial charge in [0.1, 0.15) is 17.8 Å². The first-order chi connectivity index (χ1) is 21.3. The predicted molar refractivity (Wildman–Crippen MR) is 183 cm³/mol. The molecule has 1 aliphatic rings. The number of carbonyl (C=O) groups is 3. The van der Waals surface area contributed by atoms with Crippen molar-refractivity contribution < 1.29 is 28.7 Å². The number of aliphatic hydroxyl groups excluding tert-OH is 1. The van der Waals surface area contributed by atoms with Crippen molar-refractivity contribution in [3.63, 3.8) is 0 Å². The Morgan fingerprint density at radius 1 is 1.02 bits per heavy atom. The van der Waals surface area contributed by atoms with Gasteiger partial charge in [0.25, 0.3) is 0 Å². The van der Waals surface area contributed by atoms with Crippen LogP contribution in [0.5, 0.6) is 5.75 Å². The minimum Gasteiger partial charge on any atom is -0.414 e. The lowest BCUT2D eigenvalue weighted by Gasteiger charge is -2.42. The number of likely N-dealkylation sites (tertiary alicyclic amines) is 1. The largest absolute Gasteiger partial charge is 0.414 e. The summed E-state index contributed by atoms with van der Waals surface area (Å²) >= 11 is 0. The highest BCUT2D eigenvalue weighted by Gasteiger charge is 2.47. The van der Waals surface area contributed by atoms with Crippen molar-refractivity contribution >= 4 is 26.2 Å². The van der Waals surface area contributed by atoms with Crippen LogP contribution in [0.15, 0.2) is 54.6 Å². The molecule has 10 heteroatoms. The van der Waals surface area contributed by atoms with E-state index in [0.29, 0.717) is 12.2 Å². The number of amides is 3. The molecule has 1 unspecified atom stereocenters. The lowest BCUT2D eigenvalue weighted by molar-refractivity contribution is -0.142. The second-order valence-corrected chi connectivity index (χ2v) is 19.3. The molecule has 5 atom stereocenters. The zero-order valence-electron chi connectivity index (χ0n) is 28.7. The van der Waals surface area contributed by atoms with E-state index in [2.05, 4.69) is 50.4 Å². The number of terminal acetylenes is 1. The van der Waals surface area contributed by atoms with Gasteiger partial charge >= 0.3 is 6.09 Å². The van der Waals surface area contributed by atoms with E-state index in [1.807, 2.05) is 39.8 Å².